The third-order valence-electron chi connectivity index (χ3n) is 4.54. The van der Waals surface area contributed by atoms with Gasteiger partial charge in [0.05, 0.1) is 18.3 Å². The van der Waals surface area contributed by atoms with Crippen molar-refractivity contribution in [1.82, 2.24) is 9.55 Å². The molecule has 2 aromatic heterocycles. The zero-order valence-electron chi connectivity index (χ0n) is 15.4. The van der Waals surface area contributed by atoms with E-state index in [1.54, 1.807) is 6.92 Å². The van der Waals surface area contributed by atoms with Gasteiger partial charge in [-0.2, -0.15) is 0 Å². The van der Waals surface area contributed by atoms with E-state index in [-0.39, 0.29) is 5.56 Å². The zero-order valence-corrected chi connectivity index (χ0v) is 16.2. The number of nitrogens with zero attached hydrogens (tertiary/aromatic N) is 2. The van der Waals surface area contributed by atoms with E-state index in [0.29, 0.717) is 16.8 Å². The quantitative estimate of drug-likeness (QED) is 0.630. The summed E-state index contributed by atoms with van der Waals surface area (Å²) in [5.74, 6) is -0.418. The number of aromatic nitrogens is 2. The van der Waals surface area contributed by atoms with Crippen LogP contribution in [0.5, 0.6) is 0 Å². The van der Waals surface area contributed by atoms with E-state index in [1.807, 2.05) is 24.4 Å². The van der Waals surface area contributed by atoms with Crippen molar-refractivity contribution in [2.24, 2.45) is 0 Å². The predicted molar refractivity (Wildman–Crippen MR) is 105 cm³/mol. The fourth-order valence-corrected chi connectivity index (χ4v) is 3.69. The molecule has 0 aliphatic rings. The number of thiophene rings is 1. The number of aryl methyl sites for hydroxylation is 2. The minimum atomic E-state index is -0.710. The molecule has 0 saturated carbocycles. The van der Waals surface area contributed by atoms with Gasteiger partial charge in [-0.25, -0.2) is 9.78 Å². The highest BCUT2D eigenvalue weighted by Crippen LogP contribution is 2.31. The van der Waals surface area contributed by atoms with Crippen molar-refractivity contribution in [2.75, 3.05) is 6.61 Å². The van der Waals surface area contributed by atoms with E-state index in [4.69, 9.17) is 4.74 Å². The van der Waals surface area contributed by atoms with Gasteiger partial charge in [0.25, 0.3) is 5.56 Å². The first kappa shape index (κ1) is 18.3. The lowest BCUT2D eigenvalue weighted by Gasteiger charge is -2.14. The van der Waals surface area contributed by atoms with Crippen molar-refractivity contribution in [1.29, 1.82) is 0 Å². The largest absolute Gasteiger partial charge is 0.464 e. The number of benzene rings is 1. The van der Waals surface area contributed by atoms with Crippen molar-refractivity contribution in [3.8, 4) is 11.1 Å². The Morgan fingerprint density at radius 2 is 2.08 bits per heavy atom. The number of rotatable bonds is 5. The van der Waals surface area contributed by atoms with Crippen LogP contribution in [0.15, 0.2) is 34.7 Å². The maximum Gasteiger partial charge on any atom is 0.328 e. The van der Waals surface area contributed by atoms with E-state index in [0.717, 1.165) is 17.5 Å². The second-order valence-corrected chi connectivity index (χ2v) is 7.29. The van der Waals surface area contributed by atoms with Gasteiger partial charge in [0, 0.05) is 10.9 Å². The van der Waals surface area contributed by atoms with Crippen molar-refractivity contribution in [3.05, 3.63) is 51.4 Å². The normalized spacial score (nSPS) is 12.3. The van der Waals surface area contributed by atoms with Crippen molar-refractivity contribution in [2.45, 2.75) is 40.2 Å². The molecule has 136 valence electrons. The predicted octanol–water partition coefficient (Wildman–Crippen LogP) is 4.26. The molecule has 0 bridgehead atoms. The van der Waals surface area contributed by atoms with Crippen LogP contribution in [-0.2, 0) is 9.53 Å². The highest BCUT2D eigenvalue weighted by atomic mass is 32.1. The highest BCUT2D eigenvalue weighted by molar-refractivity contribution is 7.17. The fraction of sp³-hybridized carbons (Fsp3) is 0.350. The number of ether oxygens (including phenoxy) is 1. The molecule has 5 nitrogen and oxygen atoms in total. The molecular weight excluding hydrogens is 348 g/mol. The summed E-state index contributed by atoms with van der Waals surface area (Å²) in [5, 5.41) is 2.50. The Hall–Kier alpha value is -2.47. The first-order valence-electron chi connectivity index (χ1n) is 8.66. The molecule has 0 aliphatic carbocycles. The molecule has 0 N–H and O–H groups in total. The molecule has 0 amide bonds. The summed E-state index contributed by atoms with van der Waals surface area (Å²) in [4.78, 5) is 30.3. The Kier molecular flexibility index (Phi) is 5.23. The molecule has 0 fully saturated rings. The van der Waals surface area contributed by atoms with Gasteiger partial charge in [-0.05, 0) is 43.9 Å². The molecule has 3 aromatic rings. The van der Waals surface area contributed by atoms with E-state index < -0.39 is 12.0 Å². The third-order valence-corrected chi connectivity index (χ3v) is 5.43. The lowest BCUT2D eigenvalue weighted by molar-refractivity contribution is -0.147. The van der Waals surface area contributed by atoms with Crippen LogP contribution in [0, 0.1) is 13.8 Å². The van der Waals surface area contributed by atoms with Crippen molar-refractivity contribution >= 4 is 27.5 Å². The topological polar surface area (TPSA) is 61.2 Å². The van der Waals surface area contributed by atoms with E-state index in [9.17, 15) is 9.59 Å². The van der Waals surface area contributed by atoms with Gasteiger partial charge in [0.2, 0.25) is 0 Å². The SMILES string of the molecule is CCCOC(=O)C(C)n1cnc2scc(-c3ccc(C)c(C)c3)c2c1=O. The van der Waals surface area contributed by atoms with Gasteiger partial charge in [-0.1, -0.05) is 25.1 Å². The van der Waals surface area contributed by atoms with Gasteiger partial charge in [-0.3, -0.25) is 9.36 Å². The molecule has 0 spiro atoms. The van der Waals surface area contributed by atoms with Gasteiger partial charge >= 0.3 is 5.97 Å². The van der Waals surface area contributed by atoms with Crippen LogP contribution in [0.3, 0.4) is 0 Å². The van der Waals surface area contributed by atoms with Gasteiger partial charge in [-0.15, -0.1) is 11.3 Å². The summed E-state index contributed by atoms with van der Waals surface area (Å²) >= 11 is 1.44. The molecule has 0 saturated heterocycles. The summed E-state index contributed by atoms with van der Waals surface area (Å²) < 4.78 is 6.53. The number of carbonyl (C=O) groups excluding carboxylic acids is 1. The molecule has 6 heteroatoms. The third kappa shape index (κ3) is 3.29. The molecule has 1 aromatic carbocycles. The Bertz CT molecular complexity index is 1020. The Morgan fingerprint density at radius 1 is 1.31 bits per heavy atom. The lowest BCUT2D eigenvalue weighted by Crippen LogP contribution is -2.29. The van der Waals surface area contributed by atoms with Crippen molar-refractivity contribution < 1.29 is 9.53 Å². The van der Waals surface area contributed by atoms with Crippen LogP contribution < -0.4 is 5.56 Å². The molecule has 1 unspecified atom stereocenters. The number of esters is 1. The van der Waals surface area contributed by atoms with Gasteiger partial charge in [0.1, 0.15) is 10.9 Å². The average molecular weight is 370 g/mol. The first-order valence-corrected chi connectivity index (χ1v) is 9.54. The van der Waals surface area contributed by atoms with Crippen molar-refractivity contribution in [3.63, 3.8) is 0 Å². The second kappa shape index (κ2) is 7.41. The molecule has 26 heavy (non-hydrogen) atoms. The molecule has 0 radical (unpaired) electrons. The number of hydrogen-bond acceptors (Lipinski definition) is 5. The Morgan fingerprint density at radius 3 is 2.77 bits per heavy atom. The number of fused-ring (bicyclic) bond motifs is 1. The minimum Gasteiger partial charge on any atom is -0.464 e. The standard InChI is InChI=1S/C20H22N2O3S/c1-5-8-25-20(24)14(4)22-11-21-18-17(19(22)23)16(10-26-18)15-7-6-12(2)13(3)9-15/h6-7,9-11,14H,5,8H2,1-4H3. The summed E-state index contributed by atoms with van der Waals surface area (Å²) in [5.41, 5.74) is 4.00. The van der Waals surface area contributed by atoms with Crippen LogP contribution >= 0.6 is 11.3 Å². The van der Waals surface area contributed by atoms with Crippen LogP contribution in [0.4, 0.5) is 0 Å². The van der Waals surface area contributed by atoms with Crippen LogP contribution in [-0.4, -0.2) is 22.1 Å². The number of carbonyl (C=O) groups is 1. The van der Waals surface area contributed by atoms with E-state index in [1.165, 1.54) is 33.4 Å². The summed E-state index contributed by atoms with van der Waals surface area (Å²) in [6, 6.07) is 5.43. The zero-order chi connectivity index (χ0) is 18.8. The van der Waals surface area contributed by atoms with Crippen LogP contribution in [0.1, 0.15) is 37.4 Å². The maximum atomic E-state index is 13.1. The molecule has 1 atom stereocenters. The smallest absolute Gasteiger partial charge is 0.328 e. The number of hydrogen-bond donors (Lipinski definition) is 0. The maximum absolute atomic E-state index is 13.1. The average Bonchev–Trinajstić information content (AvgIpc) is 3.06. The molecule has 3 rings (SSSR count). The summed E-state index contributed by atoms with van der Waals surface area (Å²) in [7, 11) is 0. The van der Waals surface area contributed by atoms with E-state index >= 15 is 0 Å². The molecule has 2 heterocycles. The van der Waals surface area contributed by atoms with E-state index in [2.05, 4.69) is 24.9 Å². The summed E-state index contributed by atoms with van der Waals surface area (Å²) in [6.07, 6.45) is 2.18. The Labute approximate surface area is 156 Å². The second-order valence-electron chi connectivity index (χ2n) is 6.43. The van der Waals surface area contributed by atoms with Crippen LogP contribution in [0.2, 0.25) is 0 Å². The molecule has 0 aliphatic heterocycles. The lowest BCUT2D eigenvalue weighted by atomic mass is 10.0. The molecular formula is C20H22N2O3S. The van der Waals surface area contributed by atoms with Crippen LogP contribution in [0.25, 0.3) is 21.3 Å². The summed E-state index contributed by atoms with van der Waals surface area (Å²) in [6.45, 7) is 8.05. The van der Waals surface area contributed by atoms with Gasteiger partial charge in [0.15, 0.2) is 0 Å². The minimum absolute atomic E-state index is 0.217. The Balaban J connectivity index is 2.10. The first-order chi connectivity index (χ1) is 12.4. The monoisotopic (exact) mass is 370 g/mol. The highest BCUT2D eigenvalue weighted by Gasteiger charge is 2.21. The van der Waals surface area contributed by atoms with Gasteiger partial charge < -0.3 is 4.74 Å². The fourth-order valence-electron chi connectivity index (χ4n) is 2.78.